The molecule has 1 heterocycles. The minimum absolute atomic E-state index is 0.00336. The van der Waals surface area contributed by atoms with Crippen molar-refractivity contribution in [2.24, 2.45) is 0 Å². The molecule has 0 aliphatic carbocycles. The average molecular weight is 320 g/mol. The number of carbonyl (C=O) groups excluding carboxylic acids is 1. The molecule has 1 N–H and O–H groups in total. The van der Waals surface area contributed by atoms with Crippen molar-refractivity contribution in [1.82, 2.24) is 20.1 Å². The predicted molar refractivity (Wildman–Crippen MR) is 86.5 cm³/mol. The van der Waals surface area contributed by atoms with Crippen molar-refractivity contribution < 1.29 is 9.53 Å². The summed E-state index contributed by atoms with van der Waals surface area (Å²) in [4.78, 5) is 11.8. The van der Waals surface area contributed by atoms with Crippen molar-refractivity contribution in [1.29, 1.82) is 0 Å². The molecule has 22 heavy (non-hydrogen) atoms. The lowest BCUT2D eigenvalue weighted by molar-refractivity contribution is -0.119. The van der Waals surface area contributed by atoms with Crippen LogP contribution >= 0.6 is 11.8 Å². The fraction of sp³-hybridized carbons (Fsp3) is 0.400. The number of rotatable bonds is 7. The first-order chi connectivity index (χ1) is 10.6. The van der Waals surface area contributed by atoms with E-state index in [-0.39, 0.29) is 11.9 Å². The first-order valence-corrected chi connectivity index (χ1v) is 8.09. The van der Waals surface area contributed by atoms with Crippen LogP contribution in [-0.4, -0.2) is 39.6 Å². The lowest BCUT2D eigenvalue weighted by Crippen LogP contribution is -2.33. The summed E-state index contributed by atoms with van der Waals surface area (Å²) >= 11 is 1.37. The number of hydrogen-bond acceptors (Lipinski definition) is 5. The Bertz CT molecular complexity index is 612. The molecule has 0 saturated heterocycles. The van der Waals surface area contributed by atoms with Crippen molar-refractivity contribution in [3.63, 3.8) is 0 Å². The highest BCUT2D eigenvalue weighted by atomic mass is 32.2. The van der Waals surface area contributed by atoms with Crippen LogP contribution < -0.4 is 10.1 Å². The number of benzene rings is 1. The molecule has 1 atom stereocenters. The molecule has 6 nitrogen and oxygen atoms in total. The number of methoxy groups -OCH3 is 1. The highest BCUT2D eigenvalue weighted by Crippen LogP contribution is 2.21. The van der Waals surface area contributed by atoms with Gasteiger partial charge in [0.05, 0.1) is 12.9 Å². The number of nitrogens with one attached hydrogen (secondary N) is 1. The Balaban J connectivity index is 2.01. The fourth-order valence-electron chi connectivity index (χ4n) is 1.79. The SMILES string of the molecule is CCC(C)NC(=O)CSc1nncn1-c1ccc(OC)cc1. The fourth-order valence-corrected chi connectivity index (χ4v) is 2.53. The number of ether oxygens (including phenoxy) is 1. The minimum atomic E-state index is 0.00336. The second-order valence-electron chi connectivity index (χ2n) is 4.85. The second kappa shape index (κ2) is 7.84. The molecule has 0 radical (unpaired) electrons. The first kappa shape index (κ1) is 16.4. The van der Waals surface area contributed by atoms with E-state index >= 15 is 0 Å². The Morgan fingerprint density at radius 1 is 1.41 bits per heavy atom. The maximum absolute atomic E-state index is 11.8. The van der Waals surface area contributed by atoms with Crippen molar-refractivity contribution in [3.8, 4) is 11.4 Å². The third kappa shape index (κ3) is 4.24. The Labute approximate surface area is 134 Å². The van der Waals surface area contributed by atoms with Gasteiger partial charge in [0.1, 0.15) is 12.1 Å². The van der Waals surface area contributed by atoms with E-state index in [2.05, 4.69) is 15.5 Å². The molecule has 0 bridgehead atoms. The topological polar surface area (TPSA) is 69.0 Å². The molecular formula is C15H20N4O2S. The maximum atomic E-state index is 11.8. The summed E-state index contributed by atoms with van der Waals surface area (Å²) in [7, 11) is 1.63. The van der Waals surface area contributed by atoms with Crippen molar-refractivity contribution in [3.05, 3.63) is 30.6 Å². The third-order valence-electron chi connectivity index (χ3n) is 3.22. The second-order valence-corrected chi connectivity index (χ2v) is 5.79. The summed E-state index contributed by atoms with van der Waals surface area (Å²) in [6.07, 6.45) is 2.55. The van der Waals surface area contributed by atoms with Crippen LogP contribution in [0.5, 0.6) is 5.75 Å². The van der Waals surface area contributed by atoms with Crippen LogP contribution in [0.2, 0.25) is 0 Å². The average Bonchev–Trinajstić information content (AvgIpc) is 3.01. The normalized spacial score (nSPS) is 12.0. The number of thioether (sulfide) groups is 1. The van der Waals surface area contributed by atoms with Gasteiger partial charge in [-0.3, -0.25) is 9.36 Å². The van der Waals surface area contributed by atoms with E-state index in [9.17, 15) is 4.79 Å². The summed E-state index contributed by atoms with van der Waals surface area (Å²) in [5, 5.41) is 11.6. The smallest absolute Gasteiger partial charge is 0.230 e. The van der Waals surface area contributed by atoms with Gasteiger partial charge in [-0.05, 0) is 37.6 Å². The van der Waals surface area contributed by atoms with Crippen molar-refractivity contribution in [2.45, 2.75) is 31.5 Å². The zero-order valence-corrected chi connectivity index (χ0v) is 13.8. The van der Waals surface area contributed by atoms with Gasteiger partial charge in [0, 0.05) is 11.7 Å². The zero-order valence-electron chi connectivity index (χ0n) is 12.9. The van der Waals surface area contributed by atoms with Gasteiger partial charge < -0.3 is 10.1 Å². The Kier molecular flexibility index (Phi) is 5.83. The molecule has 1 amide bonds. The van der Waals surface area contributed by atoms with Crippen LogP contribution in [0.3, 0.4) is 0 Å². The molecule has 0 aliphatic heterocycles. The van der Waals surface area contributed by atoms with Gasteiger partial charge in [0.25, 0.3) is 0 Å². The lowest BCUT2D eigenvalue weighted by atomic mass is 10.3. The van der Waals surface area contributed by atoms with E-state index < -0.39 is 0 Å². The van der Waals surface area contributed by atoms with E-state index in [1.165, 1.54) is 11.8 Å². The van der Waals surface area contributed by atoms with Gasteiger partial charge in [-0.2, -0.15) is 0 Å². The van der Waals surface area contributed by atoms with Crippen LogP contribution in [0.15, 0.2) is 35.7 Å². The maximum Gasteiger partial charge on any atom is 0.230 e. The van der Waals surface area contributed by atoms with Crippen LogP contribution in [0, 0.1) is 0 Å². The zero-order chi connectivity index (χ0) is 15.9. The van der Waals surface area contributed by atoms with Gasteiger partial charge in [-0.15, -0.1) is 10.2 Å². The summed E-state index contributed by atoms with van der Waals surface area (Å²) in [5.74, 6) is 1.11. The van der Waals surface area contributed by atoms with Crippen LogP contribution in [-0.2, 0) is 4.79 Å². The van der Waals surface area contributed by atoms with Gasteiger partial charge in [0.15, 0.2) is 5.16 Å². The summed E-state index contributed by atoms with van der Waals surface area (Å²) < 4.78 is 6.99. The van der Waals surface area contributed by atoms with E-state index in [0.717, 1.165) is 17.9 Å². The molecule has 0 saturated carbocycles. The molecule has 0 aliphatic rings. The van der Waals surface area contributed by atoms with Gasteiger partial charge >= 0.3 is 0 Å². The first-order valence-electron chi connectivity index (χ1n) is 7.10. The van der Waals surface area contributed by atoms with E-state index in [1.54, 1.807) is 13.4 Å². The largest absolute Gasteiger partial charge is 0.497 e. The molecule has 0 fully saturated rings. The number of nitrogens with zero attached hydrogens (tertiary/aromatic N) is 3. The minimum Gasteiger partial charge on any atom is -0.497 e. The quantitative estimate of drug-likeness (QED) is 0.793. The molecule has 2 rings (SSSR count). The number of hydrogen-bond donors (Lipinski definition) is 1. The van der Waals surface area contributed by atoms with Gasteiger partial charge in [0.2, 0.25) is 5.91 Å². The summed E-state index contributed by atoms with van der Waals surface area (Å²) in [6, 6.07) is 7.78. The van der Waals surface area contributed by atoms with Crippen LogP contribution in [0.1, 0.15) is 20.3 Å². The Morgan fingerprint density at radius 2 is 2.14 bits per heavy atom. The van der Waals surface area contributed by atoms with E-state index in [0.29, 0.717) is 10.9 Å². The highest BCUT2D eigenvalue weighted by Gasteiger charge is 2.11. The van der Waals surface area contributed by atoms with Gasteiger partial charge in [-0.25, -0.2) is 0 Å². The van der Waals surface area contributed by atoms with Crippen molar-refractivity contribution in [2.75, 3.05) is 12.9 Å². The third-order valence-corrected chi connectivity index (χ3v) is 4.16. The monoisotopic (exact) mass is 320 g/mol. The molecule has 2 aromatic rings. The molecular weight excluding hydrogens is 300 g/mol. The number of aromatic nitrogens is 3. The highest BCUT2D eigenvalue weighted by molar-refractivity contribution is 7.99. The van der Waals surface area contributed by atoms with Crippen molar-refractivity contribution >= 4 is 17.7 Å². The lowest BCUT2D eigenvalue weighted by Gasteiger charge is -2.11. The molecule has 0 spiro atoms. The number of amides is 1. The number of carbonyl (C=O) groups is 1. The standard InChI is InChI=1S/C15H20N4O2S/c1-4-11(2)17-14(20)9-22-15-18-16-10-19(15)12-5-7-13(21-3)8-6-12/h5-8,10-11H,4,9H2,1-3H3,(H,17,20). The molecule has 118 valence electrons. The Hall–Kier alpha value is -2.02. The van der Waals surface area contributed by atoms with E-state index in [4.69, 9.17) is 4.74 Å². The van der Waals surface area contributed by atoms with Crippen LogP contribution in [0.25, 0.3) is 5.69 Å². The van der Waals surface area contributed by atoms with E-state index in [1.807, 2.05) is 42.7 Å². The summed E-state index contributed by atoms with van der Waals surface area (Å²) in [5.41, 5.74) is 0.927. The Morgan fingerprint density at radius 3 is 2.77 bits per heavy atom. The summed E-state index contributed by atoms with van der Waals surface area (Å²) in [6.45, 7) is 4.03. The molecule has 7 heteroatoms. The molecule has 1 unspecified atom stereocenters. The predicted octanol–water partition coefficient (Wildman–Crippen LogP) is 2.28. The molecule has 1 aromatic carbocycles. The molecule has 1 aromatic heterocycles. The van der Waals surface area contributed by atoms with Gasteiger partial charge in [-0.1, -0.05) is 18.7 Å². The van der Waals surface area contributed by atoms with Crippen LogP contribution in [0.4, 0.5) is 0 Å².